The van der Waals surface area contributed by atoms with Crippen LogP contribution in [-0.2, 0) is 17.1 Å². The molecule has 2 aromatic rings. The largest absolute Gasteiger partial charge is 0.488 e. The van der Waals surface area contributed by atoms with Crippen molar-refractivity contribution in [1.82, 2.24) is 24.1 Å². The predicted octanol–water partition coefficient (Wildman–Crippen LogP) is 1.49. The van der Waals surface area contributed by atoms with Gasteiger partial charge in [0.15, 0.2) is 5.03 Å². The first kappa shape index (κ1) is 28.4. The van der Waals surface area contributed by atoms with E-state index in [2.05, 4.69) is 15.6 Å². The first-order chi connectivity index (χ1) is 17.3. The minimum absolute atomic E-state index is 0.00580. The lowest BCUT2D eigenvalue weighted by molar-refractivity contribution is 0.0387. The summed E-state index contributed by atoms with van der Waals surface area (Å²) in [6, 6.07) is 3.74. The average Bonchev–Trinajstić information content (AvgIpc) is 3.27. The number of rotatable bonds is 8. The maximum Gasteiger partial charge on any atom is 0.319 e. The number of aliphatic hydroxyl groups is 1. The number of carbonyl (C=O) groups excluding carboxylic acids is 2. The van der Waals surface area contributed by atoms with E-state index in [1.54, 1.807) is 35.6 Å². The molecule has 3 rings (SSSR count). The molecule has 0 bridgehead atoms. The number of sulfonamides is 1. The number of amides is 3. The molecule has 3 amide bonds. The Morgan fingerprint density at radius 1 is 1.32 bits per heavy atom. The number of aromatic nitrogens is 2. The molecule has 1 aliphatic heterocycles. The van der Waals surface area contributed by atoms with Gasteiger partial charge in [-0.2, -0.15) is 4.31 Å². The van der Waals surface area contributed by atoms with E-state index in [-0.39, 0.29) is 53.9 Å². The maximum absolute atomic E-state index is 13.5. The number of ether oxygens (including phenoxy) is 1. The number of urea groups is 1. The van der Waals surface area contributed by atoms with Crippen LogP contribution in [0, 0.1) is 5.92 Å². The van der Waals surface area contributed by atoms with Crippen molar-refractivity contribution >= 4 is 27.6 Å². The number of hydrogen-bond donors (Lipinski definition) is 3. The zero-order valence-corrected chi connectivity index (χ0v) is 22.8. The molecule has 1 aromatic heterocycles. The topological polar surface area (TPSA) is 146 Å². The van der Waals surface area contributed by atoms with Crippen LogP contribution in [0.2, 0.25) is 0 Å². The number of aryl methyl sites for hydroxylation is 1. The SMILES string of the molecule is CC(C)NC(=O)Nc1ccc2c(c1)C(=O)N([C@@H](C)CO)C[C@@H](C)[C@@H](CN(C)S(=O)(=O)c1cn(C)cn1)O2. The van der Waals surface area contributed by atoms with Crippen LogP contribution in [0.15, 0.2) is 35.7 Å². The molecule has 0 spiro atoms. The normalized spacial score (nSPS) is 19.2. The summed E-state index contributed by atoms with van der Waals surface area (Å²) >= 11 is 0. The first-order valence-corrected chi connectivity index (χ1v) is 13.5. The van der Waals surface area contributed by atoms with Crippen LogP contribution in [0.25, 0.3) is 0 Å². The number of anilines is 1. The molecule has 204 valence electrons. The van der Waals surface area contributed by atoms with Crippen LogP contribution in [0.4, 0.5) is 10.5 Å². The van der Waals surface area contributed by atoms with Crippen LogP contribution < -0.4 is 15.4 Å². The third kappa shape index (κ3) is 6.59. The fourth-order valence-electron chi connectivity index (χ4n) is 3.98. The van der Waals surface area contributed by atoms with Crippen molar-refractivity contribution < 1.29 is 27.9 Å². The summed E-state index contributed by atoms with van der Waals surface area (Å²) in [5.41, 5.74) is 0.597. The van der Waals surface area contributed by atoms with E-state index in [0.717, 1.165) is 0 Å². The first-order valence-electron chi connectivity index (χ1n) is 12.1. The summed E-state index contributed by atoms with van der Waals surface area (Å²) in [7, 11) is -0.724. The zero-order valence-electron chi connectivity index (χ0n) is 22.0. The van der Waals surface area contributed by atoms with Gasteiger partial charge in [0.1, 0.15) is 11.9 Å². The van der Waals surface area contributed by atoms with Gasteiger partial charge in [-0.3, -0.25) is 4.79 Å². The molecule has 3 N–H and O–H groups in total. The molecule has 13 heteroatoms. The van der Waals surface area contributed by atoms with Gasteiger partial charge >= 0.3 is 6.03 Å². The van der Waals surface area contributed by atoms with Gasteiger partial charge in [-0.25, -0.2) is 18.2 Å². The third-order valence-electron chi connectivity index (χ3n) is 6.14. The van der Waals surface area contributed by atoms with Crippen molar-refractivity contribution in [3.05, 3.63) is 36.3 Å². The Bertz CT molecular complexity index is 1230. The molecule has 0 aliphatic carbocycles. The van der Waals surface area contributed by atoms with Gasteiger partial charge in [0.2, 0.25) is 0 Å². The van der Waals surface area contributed by atoms with Gasteiger partial charge < -0.3 is 29.9 Å². The summed E-state index contributed by atoms with van der Waals surface area (Å²) in [4.78, 5) is 31.2. The van der Waals surface area contributed by atoms with Crippen LogP contribution in [0.5, 0.6) is 5.75 Å². The monoisotopic (exact) mass is 536 g/mol. The van der Waals surface area contributed by atoms with Crippen molar-refractivity contribution in [1.29, 1.82) is 0 Å². The lowest BCUT2D eigenvalue weighted by Gasteiger charge is -2.38. The Kier molecular flexibility index (Phi) is 8.82. The number of fused-ring (bicyclic) bond motifs is 1. The smallest absolute Gasteiger partial charge is 0.319 e. The number of nitrogens with one attached hydrogen (secondary N) is 2. The second kappa shape index (κ2) is 11.5. The fraction of sp³-hybridized carbons (Fsp3) is 0.542. The van der Waals surface area contributed by atoms with E-state index in [9.17, 15) is 23.1 Å². The van der Waals surface area contributed by atoms with Gasteiger partial charge in [0.05, 0.1) is 31.1 Å². The predicted molar refractivity (Wildman–Crippen MR) is 138 cm³/mol. The standard InChI is InChI=1S/C24H36N6O6S/c1-15(2)26-24(33)27-18-7-8-20-19(9-18)23(32)30(17(4)13-31)10-16(3)21(36-20)11-29(6)37(34,35)22-12-28(5)14-25-22/h7-9,12,14-17,21,31H,10-11,13H2,1-6H3,(H2,26,27,33)/t16-,17+,21-/m1/s1. The second-order valence-electron chi connectivity index (χ2n) is 9.75. The number of aliphatic hydroxyl groups excluding tert-OH is 1. The molecule has 3 atom stereocenters. The number of hydrogen-bond acceptors (Lipinski definition) is 7. The van der Waals surface area contributed by atoms with Crippen molar-refractivity contribution in [2.24, 2.45) is 13.0 Å². The van der Waals surface area contributed by atoms with Gasteiger partial charge in [-0.05, 0) is 39.0 Å². The fourth-order valence-corrected chi connectivity index (χ4v) is 5.12. The number of imidazole rings is 1. The lowest BCUT2D eigenvalue weighted by Crippen LogP contribution is -2.50. The van der Waals surface area contributed by atoms with Gasteiger partial charge in [-0.1, -0.05) is 6.92 Å². The molecule has 0 radical (unpaired) electrons. The maximum atomic E-state index is 13.5. The van der Waals surface area contributed by atoms with E-state index >= 15 is 0 Å². The van der Waals surface area contributed by atoms with E-state index in [0.29, 0.717) is 5.69 Å². The highest BCUT2D eigenvalue weighted by atomic mass is 32.2. The summed E-state index contributed by atoms with van der Waals surface area (Å²) in [5.74, 6) is -0.374. The Labute approximate surface area is 217 Å². The summed E-state index contributed by atoms with van der Waals surface area (Å²) < 4.78 is 35.1. The molecule has 1 aliphatic rings. The molecule has 0 unspecified atom stereocenters. The second-order valence-corrected chi connectivity index (χ2v) is 11.7. The van der Waals surface area contributed by atoms with Crippen LogP contribution in [0.3, 0.4) is 0 Å². The van der Waals surface area contributed by atoms with E-state index < -0.39 is 28.2 Å². The highest BCUT2D eigenvalue weighted by Gasteiger charge is 2.35. The Balaban J connectivity index is 1.95. The minimum atomic E-state index is -3.87. The molecule has 1 aromatic carbocycles. The highest BCUT2D eigenvalue weighted by Crippen LogP contribution is 2.31. The number of carbonyl (C=O) groups is 2. The average molecular weight is 537 g/mol. The Hall–Kier alpha value is -3.16. The summed E-state index contributed by atoms with van der Waals surface area (Å²) in [5, 5.41) is 15.2. The molecule has 0 saturated carbocycles. The van der Waals surface area contributed by atoms with Crippen molar-refractivity contribution in [3.8, 4) is 5.75 Å². The number of nitrogens with zero attached hydrogens (tertiary/aromatic N) is 4. The molecule has 0 saturated heterocycles. The highest BCUT2D eigenvalue weighted by molar-refractivity contribution is 7.89. The minimum Gasteiger partial charge on any atom is -0.488 e. The third-order valence-corrected chi connectivity index (χ3v) is 7.84. The van der Waals surface area contributed by atoms with Crippen molar-refractivity contribution in [3.63, 3.8) is 0 Å². The van der Waals surface area contributed by atoms with E-state index in [4.69, 9.17) is 4.74 Å². The van der Waals surface area contributed by atoms with Gasteiger partial charge in [0.25, 0.3) is 15.9 Å². The quantitative estimate of drug-likeness (QED) is 0.463. The molecular weight excluding hydrogens is 500 g/mol. The van der Waals surface area contributed by atoms with Crippen LogP contribution in [-0.4, -0.2) is 89.2 Å². The van der Waals surface area contributed by atoms with Crippen LogP contribution in [0.1, 0.15) is 38.1 Å². The Morgan fingerprint density at radius 3 is 2.62 bits per heavy atom. The molecular formula is C24H36N6O6S. The number of benzene rings is 1. The summed E-state index contributed by atoms with van der Waals surface area (Å²) in [6.07, 6.45) is 2.22. The molecule has 0 fully saturated rings. The van der Waals surface area contributed by atoms with E-state index in [1.165, 1.54) is 29.9 Å². The summed E-state index contributed by atoms with van der Waals surface area (Å²) in [6.45, 7) is 7.25. The zero-order chi connectivity index (χ0) is 27.5. The van der Waals surface area contributed by atoms with Crippen LogP contribution >= 0.6 is 0 Å². The van der Waals surface area contributed by atoms with Crippen molar-refractivity contribution in [2.75, 3.05) is 32.1 Å². The van der Waals surface area contributed by atoms with Gasteiger partial charge in [0, 0.05) is 44.5 Å². The molecule has 12 nitrogen and oxygen atoms in total. The van der Waals surface area contributed by atoms with Crippen molar-refractivity contribution in [2.45, 2.75) is 50.9 Å². The lowest BCUT2D eigenvalue weighted by atomic mass is 9.99. The van der Waals surface area contributed by atoms with Gasteiger partial charge in [-0.15, -0.1) is 0 Å². The van der Waals surface area contributed by atoms with E-state index in [1.807, 2.05) is 20.8 Å². The number of likely N-dealkylation sites (N-methyl/N-ethyl adjacent to an activating group) is 1. The molecule has 2 heterocycles. The molecule has 37 heavy (non-hydrogen) atoms. The Morgan fingerprint density at radius 2 is 2.03 bits per heavy atom.